The minimum atomic E-state index is -0.553. The van der Waals surface area contributed by atoms with Crippen LogP contribution in [0.2, 0.25) is 0 Å². The lowest BCUT2D eigenvalue weighted by Crippen LogP contribution is -2.35. The molecule has 6 nitrogen and oxygen atoms in total. The van der Waals surface area contributed by atoms with Crippen molar-refractivity contribution in [2.75, 3.05) is 0 Å². The highest BCUT2D eigenvalue weighted by atomic mass is 16.6. The summed E-state index contributed by atoms with van der Waals surface area (Å²) in [6, 6.07) is 0. The quantitative estimate of drug-likeness (QED) is 0.531. The third-order valence-electron chi connectivity index (χ3n) is 5.09. The summed E-state index contributed by atoms with van der Waals surface area (Å²) in [6.45, 7) is 0. The SMILES string of the molecule is O=C1CC(C2CC3C(=O)OC(=O)C3C3=C2CCC=C3)C(=O)O1. The van der Waals surface area contributed by atoms with E-state index in [0.29, 0.717) is 6.42 Å². The van der Waals surface area contributed by atoms with Gasteiger partial charge in [-0.25, -0.2) is 0 Å². The molecule has 4 aliphatic rings. The van der Waals surface area contributed by atoms with Crippen LogP contribution in [0.3, 0.4) is 0 Å². The first-order chi connectivity index (χ1) is 10.6. The zero-order chi connectivity index (χ0) is 15.4. The molecule has 4 unspecified atom stereocenters. The van der Waals surface area contributed by atoms with Crippen LogP contribution >= 0.6 is 0 Å². The fourth-order valence-electron chi connectivity index (χ4n) is 4.14. The van der Waals surface area contributed by atoms with E-state index in [2.05, 4.69) is 4.74 Å². The van der Waals surface area contributed by atoms with Crippen LogP contribution in [0.15, 0.2) is 23.3 Å². The van der Waals surface area contributed by atoms with Gasteiger partial charge in [0, 0.05) is 0 Å². The molecule has 0 aromatic heterocycles. The zero-order valence-corrected chi connectivity index (χ0v) is 11.7. The van der Waals surface area contributed by atoms with Crippen molar-refractivity contribution < 1.29 is 28.7 Å². The predicted molar refractivity (Wildman–Crippen MR) is 70.8 cm³/mol. The summed E-state index contributed by atoms with van der Waals surface area (Å²) in [7, 11) is 0. The number of fused-ring (bicyclic) bond motifs is 2. The lowest BCUT2D eigenvalue weighted by atomic mass is 9.65. The summed E-state index contributed by atoms with van der Waals surface area (Å²) in [4.78, 5) is 47.2. The number of allylic oxidation sites excluding steroid dienone is 3. The summed E-state index contributed by atoms with van der Waals surface area (Å²) < 4.78 is 9.45. The van der Waals surface area contributed by atoms with Crippen LogP contribution in [0.25, 0.3) is 0 Å². The van der Waals surface area contributed by atoms with Gasteiger partial charge in [-0.3, -0.25) is 19.2 Å². The number of carbonyl (C=O) groups excluding carboxylic acids is 4. The molecule has 0 saturated carbocycles. The van der Waals surface area contributed by atoms with Gasteiger partial charge in [-0.15, -0.1) is 0 Å². The third-order valence-corrected chi connectivity index (χ3v) is 5.09. The Balaban J connectivity index is 1.78. The maximum Gasteiger partial charge on any atom is 0.321 e. The topological polar surface area (TPSA) is 86.7 Å². The van der Waals surface area contributed by atoms with E-state index in [0.717, 1.165) is 24.0 Å². The van der Waals surface area contributed by atoms with Gasteiger partial charge in [0.1, 0.15) is 0 Å². The molecule has 4 atom stereocenters. The first-order valence-electron chi connectivity index (χ1n) is 7.46. The predicted octanol–water partition coefficient (Wildman–Crippen LogP) is 1.06. The van der Waals surface area contributed by atoms with Gasteiger partial charge in [-0.1, -0.05) is 17.7 Å². The number of carbonyl (C=O) groups is 4. The van der Waals surface area contributed by atoms with E-state index >= 15 is 0 Å². The Morgan fingerprint density at radius 3 is 2.41 bits per heavy atom. The van der Waals surface area contributed by atoms with E-state index in [-0.39, 0.29) is 12.3 Å². The largest absolute Gasteiger partial charge is 0.393 e. The molecule has 0 bridgehead atoms. The van der Waals surface area contributed by atoms with Crippen molar-refractivity contribution in [2.24, 2.45) is 23.7 Å². The van der Waals surface area contributed by atoms with E-state index in [4.69, 9.17) is 4.74 Å². The molecule has 2 aliphatic heterocycles. The average Bonchev–Trinajstić information content (AvgIpc) is 2.97. The van der Waals surface area contributed by atoms with Gasteiger partial charge in [-0.05, 0) is 30.8 Å². The van der Waals surface area contributed by atoms with Crippen molar-refractivity contribution >= 4 is 23.9 Å². The molecule has 2 saturated heterocycles. The highest BCUT2D eigenvalue weighted by Gasteiger charge is 2.54. The maximum absolute atomic E-state index is 12.0. The van der Waals surface area contributed by atoms with Crippen LogP contribution in [0.4, 0.5) is 0 Å². The number of esters is 4. The second-order valence-electron chi connectivity index (χ2n) is 6.19. The Labute approximate surface area is 126 Å². The summed E-state index contributed by atoms with van der Waals surface area (Å²) in [6.07, 6.45) is 5.81. The minimum Gasteiger partial charge on any atom is -0.393 e. The van der Waals surface area contributed by atoms with Crippen molar-refractivity contribution in [1.29, 1.82) is 0 Å². The molecule has 2 aliphatic carbocycles. The molecular weight excluding hydrogens is 288 g/mol. The Hall–Kier alpha value is -2.24. The molecule has 22 heavy (non-hydrogen) atoms. The smallest absolute Gasteiger partial charge is 0.321 e. The zero-order valence-electron chi connectivity index (χ0n) is 11.7. The highest BCUT2D eigenvalue weighted by molar-refractivity contribution is 5.99. The van der Waals surface area contributed by atoms with E-state index < -0.39 is 41.6 Å². The summed E-state index contributed by atoms with van der Waals surface area (Å²) in [5.74, 6) is -3.94. The van der Waals surface area contributed by atoms with Crippen LogP contribution in [-0.4, -0.2) is 23.9 Å². The third kappa shape index (κ3) is 1.79. The molecule has 0 aromatic rings. The Morgan fingerprint density at radius 1 is 0.909 bits per heavy atom. The second-order valence-corrected chi connectivity index (χ2v) is 6.19. The van der Waals surface area contributed by atoms with Crippen molar-refractivity contribution in [3.63, 3.8) is 0 Å². The molecule has 0 N–H and O–H groups in total. The lowest BCUT2D eigenvalue weighted by molar-refractivity contribution is -0.156. The number of hydrogen-bond donors (Lipinski definition) is 0. The molecule has 0 spiro atoms. The van der Waals surface area contributed by atoms with Crippen LogP contribution in [0.5, 0.6) is 0 Å². The number of cyclic esters (lactones) is 4. The van der Waals surface area contributed by atoms with Crippen molar-refractivity contribution in [3.8, 4) is 0 Å². The monoisotopic (exact) mass is 302 g/mol. The molecule has 114 valence electrons. The first kappa shape index (κ1) is 13.4. The van der Waals surface area contributed by atoms with Gasteiger partial charge in [0.2, 0.25) is 0 Å². The Kier molecular flexibility index (Phi) is 2.82. The van der Waals surface area contributed by atoms with Gasteiger partial charge in [0.15, 0.2) is 0 Å². The standard InChI is InChI=1S/C16H14O6/c17-12-6-10(14(18)21-12)9-5-11-13(16(20)22-15(11)19)8-4-2-1-3-7(8)9/h2,4,9-11,13H,1,3,5-6H2. The van der Waals surface area contributed by atoms with Gasteiger partial charge in [0.05, 0.1) is 24.2 Å². The Bertz CT molecular complexity index is 670. The molecule has 0 radical (unpaired) electrons. The van der Waals surface area contributed by atoms with E-state index in [9.17, 15) is 19.2 Å². The van der Waals surface area contributed by atoms with Crippen LogP contribution in [-0.2, 0) is 28.7 Å². The van der Waals surface area contributed by atoms with Gasteiger partial charge < -0.3 is 9.47 Å². The molecular formula is C16H14O6. The minimum absolute atomic E-state index is 0.0460. The van der Waals surface area contributed by atoms with E-state index in [1.54, 1.807) is 0 Å². The summed E-state index contributed by atoms with van der Waals surface area (Å²) >= 11 is 0. The second kappa shape index (κ2) is 4.63. The summed E-state index contributed by atoms with van der Waals surface area (Å²) in [5.41, 5.74) is 1.81. The fourth-order valence-corrected chi connectivity index (χ4v) is 4.14. The van der Waals surface area contributed by atoms with Crippen molar-refractivity contribution in [2.45, 2.75) is 25.7 Å². The molecule has 0 amide bonds. The fraction of sp³-hybridized carbons (Fsp3) is 0.500. The molecule has 2 fully saturated rings. The van der Waals surface area contributed by atoms with Crippen molar-refractivity contribution in [3.05, 3.63) is 23.3 Å². The van der Waals surface area contributed by atoms with Gasteiger partial charge in [-0.2, -0.15) is 0 Å². The van der Waals surface area contributed by atoms with Crippen LogP contribution in [0, 0.1) is 23.7 Å². The van der Waals surface area contributed by atoms with Crippen LogP contribution < -0.4 is 0 Å². The van der Waals surface area contributed by atoms with Crippen molar-refractivity contribution in [1.82, 2.24) is 0 Å². The molecule has 6 heteroatoms. The average molecular weight is 302 g/mol. The number of rotatable bonds is 1. The lowest BCUT2D eigenvalue weighted by Gasteiger charge is -2.35. The first-order valence-corrected chi connectivity index (χ1v) is 7.46. The van der Waals surface area contributed by atoms with E-state index in [1.807, 2.05) is 12.2 Å². The van der Waals surface area contributed by atoms with Crippen LogP contribution in [0.1, 0.15) is 25.7 Å². The molecule has 0 aromatic carbocycles. The summed E-state index contributed by atoms with van der Waals surface area (Å²) in [5, 5.41) is 0. The molecule has 2 heterocycles. The molecule has 4 rings (SSSR count). The number of hydrogen-bond acceptors (Lipinski definition) is 6. The van der Waals surface area contributed by atoms with Gasteiger partial charge >= 0.3 is 23.9 Å². The normalized spacial score (nSPS) is 37.1. The van der Waals surface area contributed by atoms with E-state index in [1.165, 1.54) is 0 Å². The maximum atomic E-state index is 12.0. The van der Waals surface area contributed by atoms with Gasteiger partial charge in [0.25, 0.3) is 0 Å². The Morgan fingerprint density at radius 2 is 1.68 bits per heavy atom. The highest BCUT2D eigenvalue weighted by Crippen LogP contribution is 2.50. The number of ether oxygens (including phenoxy) is 2.